The standard InChI is InChI=1S/C5H12N2O/c1-4(6)8-5(2,3)7/h6H,7H2,1-3H3. The van der Waals surface area contributed by atoms with Crippen molar-refractivity contribution >= 4 is 5.90 Å². The molecule has 0 aromatic carbocycles. The maximum absolute atomic E-state index is 6.85. The molecule has 0 aliphatic heterocycles. The summed E-state index contributed by atoms with van der Waals surface area (Å²) in [5.74, 6) is 0.150. The maximum Gasteiger partial charge on any atom is 0.179 e. The van der Waals surface area contributed by atoms with Crippen molar-refractivity contribution in [1.82, 2.24) is 0 Å². The third-order valence-corrected chi connectivity index (χ3v) is 0.416. The highest BCUT2D eigenvalue weighted by Gasteiger charge is 2.10. The van der Waals surface area contributed by atoms with Crippen molar-refractivity contribution in [3.8, 4) is 0 Å². The lowest BCUT2D eigenvalue weighted by Gasteiger charge is -2.19. The third-order valence-electron chi connectivity index (χ3n) is 0.416. The van der Waals surface area contributed by atoms with Crippen molar-refractivity contribution in [2.75, 3.05) is 0 Å². The predicted molar refractivity (Wildman–Crippen MR) is 32.8 cm³/mol. The summed E-state index contributed by atoms with van der Waals surface area (Å²) in [4.78, 5) is 0. The molecule has 0 rings (SSSR count). The first-order valence-electron chi connectivity index (χ1n) is 2.45. The van der Waals surface area contributed by atoms with E-state index in [1.165, 1.54) is 0 Å². The second-order valence-corrected chi connectivity index (χ2v) is 2.26. The Hall–Kier alpha value is -0.570. The molecular weight excluding hydrogens is 104 g/mol. The summed E-state index contributed by atoms with van der Waals surface area (Å²) < 4.78 is 4.80. The normalized spacial score (nSPS) is 11.0. The van der Waals surface area contributed by atoms with Crippen LogP contribution >= 0.6 is 0 Å². The second-order valence-electron chi connectivity index (χ2n) is 2.26. The van der Waals surface area contributed by atoms with E-state index in [1.807, 2.05) is 0 Å². The molecule has 0 aliphatic rings. The van der Waals surface area contributed by atoms with Gasteiger partial charge in [0, 0.05) is 6.92 Å². The molecule has 48 valence electrons. The Bertz CT molecular complexity index is 93.1. The minimum absolute atomic E-state index is 0.150. The van der Waals surface area contributed by atoms with Crippen molar-refractivity contribution in [2.45, 2.75) is 26.5 Å². The lowest BCUT2D eigenvalue weighted by atomic mass is 10.3. The summed E-state index contributed by atoms with van der Waals surface area (Å²) in [5, 5.41) is 6.85. The van der Waals surface area contributed by atoms with Crippen LogP contribution in [0.1, 0.15) is 20.8 Å². The van der Waals surface area contributed by atoms with Gasteiger partial charge in [-0.25, -0.2) is 0 Å². The number of nitrogens with one attached hydrogen (secondary N) is 1. The Morgan fingerprint density at radius 2 is 2.00 bits per heavy atom. The van der Waals surface area contributed by atoms with Gasteiger partial charge in [-0.1, -0.05) is 0 Å². The van der Waals surface area contributed by atoms with E-state index in [9.17, 15) is 0 Å². The van der Waals surface area contributed by atoms with Crippen molar-refractivity contribution in [2.24, 2.45) is 5.73 Å². The van der Waals surface area contributed by atoms with Crippen LogP contribution in [0.4, 0.5) is 0 Å². The smallest absolute Gasteiger partial charge is 0.179 e. The molecule has 3 nitrogen and oxygen atoms in total. The highest BCUT2D eigenvalue weighted by Crippen LogP contribution is 1.97. The Morgan fingerprint density at radius 3 is 2.00 bits per heavy atom. The van der Waals surface area contributed by atoms with Crippen LogP contribution in [0.15, 0.2) is 0 Å². The monoisotopic (exact) mass is 116 g/mol. The topological polar surface area (TPSA) is 59.1 Å². The minimum Gasteiger partial charge on any atom is -0.461 e. The van der Waals surface area contributed by atoms with E-state index < -0.39 is 5.72 Å². The molecule has 0 saturated carbocycles. The van der Waals surface area contributed by atoms with Gasteiger partial charge in [0.15, 0.2) is 11.6 Å². The zero-order valence-electron chi connectivity index (χ0n) is 5.49. The molecule has 0 aromatic heterocycles. The first-order chi connectivity index (χ1) is 3.42. The fourth-order valence-corrected chi connectivity index (χ4v) is 0.395. The highest BCUT2D eigenvalue weighted by atomic mass is 16.5. The highest BCUT2D eigenvalue weighted by molar-refractivity contribution is 5.69. The molecule has 0 aromatic rings. The van der Waals surface area contributed by atoms with Gasteiger partial charge in [-0.2, -0.15) is 0 Å². The summed E-state index contributed by atoms with van der Waals surface area (Å²) in [6, 6.07) is 0. The average Bonchev–Trinajstić information content (AvgIpc) is 1.21. The Morgan fingerprint density at radius 1 is 1.62 bits per heavy atom. The maximum atomic E-state index is 6.85. The molecule has 0 amide bonds. The molecule has 0 radical (unpaired) electrons. The summed E-state index contributed by atoms with van der Waals surface area (Å²) in [5.41, 5.74) is 4.67. The van der Waals surface area contributed by atoms with E-state index in [-0.39, 0.29) is 5.90 Å². The third kappa shape index (κ3) is 5.43. The van der Waals surface area contributed by atoms with Gasteiger partial charge in [-0.15, -0.1) is 0 Å². The zero-order valence-corrected chi connectivity index (χ0v) is 5.49. The second kappa shape index (κ2) is 2.13. The van der Waals surface area contributed by atoms with Gasteiger partial charge >= 0.3 is 0 Å². The molecule has 0 atom stereocenters. The number of ether oxygens (including phenoxy) is 1. The molecule has 0 unspecified atom stereocenters. The van der Waals surface area contributed by atoms with Crippen LogP contribution in [0, 0.1) is 5.41 Å². The molecule has 0 heterocycles. The average molecular weight is 116 g/mol. The van der Waals surface area contributed by atoms with Gasteiger partial charge in [0.05, 0.1) is 0 Å². The summed E-state index contributed by atoms with van der Waals surface area (Å²) in [6.07, 6.45) is 0. The molecule has 0 bridgehead atoms. The fraction of sp³-hybridized carbons (Fsp3) is 0.800. The molecule has 0 saturated heterocycles. The molecule has 0 aliphatic carbocycles. The summed E-state index contributed by atoms with van der Waals surface area (Å²) in [7, 11) is 0. The van der Waals surface area contributed by atoms with Crippen LogP contribution in [-0.2, 0) is 4.74 Å². The molecule has 0 spiro atoms. The Balaban J connectivity index is 3.55. The van der Waals surface area contributed by atoms with Crippen molar-refractivity contribution in [3.05, 3.63) is 0 Å². The SMILES string of the molecule is CC(=N)OC(C)(C)N. The zero-order chi connectivity index (χ0) is 6.78. The molecule has 0 fully saturated rings. The van der Waals surface area contributed by atoms with Gasteiger partial charge < -0.3 is 4.74 Å². The molecular formula is C5H12N2O. The van der Waals surface area contributed by atoms with Gasteiger partial charge in [0.25, 0.3) is 0 Å². The van der Waals surface area contributed by atoms with E-state index in [1.54, 1.807) is 20.8 Å². The van der Waals surface area contributed by atoms with E-state index in [0.29, 0.717) is 0 Å². The predicted octanol–water partition coefficient (Wildman–Crippen LogP) is 0.695. The van der Waals surface area contributed by atoms with Gasteiger partial charge in [-0.05, 0) is 13.8 Å². The first kappa shape index (κ1) is 7.43. The van der Waals surface area contributed by atoms with Gasteiger partial charge in [-0.3, -0.25) is 11.1 Å². The van der Waals surface area contributed by atoms with Crippen LogP contribution in [0.3, 0.4) is 0 Å². The van der Waals surface area contributed by atoms with Crippen molar-refractivity contribution < 1.29 is 4.74 Å². The fourth-order valence-electron chi connectivity index (χ4n) is 0.395. The van der Waals surface area contributed by atoms with Crippen LogP contribution in [-0.4, -0.2) is 11.6 Å². The Labute approximate surface area is 49.3 Å². The lowest BCUT2D eigenvalue weighted by molar-refractivity contribution is 0.100. The van der Waals surface area contributed by atoms with E-state index >= 15 is 0 Å². The molecule has 3 heteroatoms. The van der Waals surface area contributed by atoms with Crippen LogP contribution in [0.25, 0.3) is 0 Å². The number of rotatable bonds is 1. The number of hydrogen-bond donors (Lipinski definition) is 2. The number of nitrogens with two attached hydrogens (primary N) is 1. The number of hydrogen-bond acceptors (Lipinski definition) is 3. The van der Waals surface area contributed by atoms with Gasteiger partial charge in [0.2, 0.25) is 0 Å². The molecule has 3 N–H and O–H groups in total. The van der Waals surface area contributed by atoms with Crippen LogP contribution in [0.2, 0.25) is 0 Å². The largest absolute Gasteiger partial charge is 0.461 e. The van der Waals surface area contributed by atoms with Crippen LogP contribution in [0.5, 0.6) is 0 Å². The van der Waals surface area contributed by atoms with Crippen LogP contribution < -0.4 is 5.73 Å². The minimum atomic E-state index is -0.703. The summed E-state index contributed by atoms with van der Waals surface area (Å²) in [6.45, 7) is 4.95. The lowest BCUT2D eigenvalue weighted by Crippen LogP contribution is -2.36. The van der Waals surface area contributed by atoms with E-state index in [4.69, 9.17) is 15.9 Å². The van der Waals surface area contributed by atoms with Crippen molar-refractivity contribution in [3.63, 3.8) is 0 Å². The van der Waals surface area contributed by atoms with E-state index in [0.717, 1.165) is 0 Å². The van der Waals surface area contributed by atoms with E-state index in [2.05, 4.69) is 0 Å². The quantitative estimate of drug-likeness (QED) is 0.301. The van der Waals surface area contributed by atoms with Crippen molar-refractivity contribution in [1.29, 1.82) is 5.41 Å². The summed E-state index contributed by atoms with van der Waals surface area (Å²) >= 11 is 0. The first-order valence-corrected chi connectivity index (χ1v) is 2.45. The molecule has 8 heavy (non-hydrogen) atoms. The van der Waals surface area contributed by atoms with Gasteiger partial charge in [0.1, 0.15) is 0 Å². The Kier molecular flexibility index (Phi) is 1.98.